The highest BCUT2D eigenvalue weighted by Gasteiger charge is 2.24. The van der Waals surface area contributed by atoms with Gasteiger partial charge < -0.3 is 4.90 Å². The number of fused-ring (bicyclic) bond motifs is 1. The van der Waals surface area contributed by atoms with Gasteiger partial charge in [0.05, 0.1) is 10.6 Å². The van der Waals surface area contributed by atoms with Crippen molar-refractivity contribution < 1.29 is 13.2 Å². The van der Waals surface area contributed by atoms with Crippen LogP contribution < -0.4 is 4.90 Å². The zero-order chi connectivity index (χ0) is 18.0. The van der Waals surface area contributed by atoms with Gasteiger partial charge in [-0.1, -0.05) is 18.2 Å². The second-order valence-corrected chi connectivity index (χ2v) is 9.30. The minimum atomic E-state index is -3.23. The zero-order valence-electron chi connectivity index (χ0n) is 14.4. The summed E-state index contributed by atoms with van der Waals surface area (Å²) in [6.45, 7) is 2.72. The summed E-state index contributed by atoms with van der Waals surface area (Å²) in [7, 11) is -3.23. The maximum atomic E-state index is 12.7. The van der Waals surface area contributed by atoms with Crippen LogP contribution in [0.1, 0.15) is 17.5 Å². The van der Waals surface area contributed by atoms with E-state index in [0.29, 0.717) is 17.2 Å². The molecule has 132 valence electrons. The zero-order valence-corrected chi connectivity index (χ0v) is 16.0. The Balaban J connectivity index is 1.78. The second-order valence-electron chi connectivity index (χ2n) is 6.27. The summed E-state index contributed by atoms with van der Waals surface area (Å²) in [5.41, 5.74) is 2.94. The minimum Gasteiger partial charge on any atom is -0.311 e. The molecular formula is C19H21NO3S2. The van der Waals surface area contributed by atoms with Crippen LogP contribution in [0.25, 0.3) is 0 Å². The molecule has 0 unspecified atom stereocenters. The van der Waals surface area contributed by atoms with Crippen molar-refractivity contribution in [1.82, 2.24) is 0 Å². The molecule has 2 aromatic carbocycles. The fraction of sp³-hybridized carbons (Fsp3) is 0.316. The van der Waals surface area contributed by atoms with Crippen LogP contribution in [0.4, 0.5) is 5.69 Å². The molecule has 1 amide bonds. The van der Waals surface area contributed by atoms with Gasteiger partial charge in [0, 0.05) is 23.4 Å². The van der Waals surface area contributed by atoms with Crippen LogP contribution in [-0.4, -0.2) is 32.9 Å². The number of hydrogen-bond donors (Lipinski definition) is 0. The first-order chi connectivity index (χ1) is 11.9. The number of aryl methyl sites for hydroxylation is 2. The van der Waals surface area contributed by atoms with E-state index < -0.39 is 9.84 Å². The molecule has 0 bridgehead atoms. The first-order valence-corrected chi connectivity index (χ1v) is 11.1. The van der Waals surface area contributed by atoms with Gasteiger partial charge in [0.2, 0.25) is 5.91 Å². The molecule has 1 aliphatic heterocycles. The molecule has 1 aliphatic rings. The van der Waals surface area contributed by atoms with Gasteiger partial charge in [-0.05, 0) is 55.2 Å². The number of rotatable bonds is 4. The number of carbonyl (C=O) groups excluding carboxylic acids is 1. The summed E-state index contributed by atoms with van der Waals surface area (Å²) < 4.78 is 23.5. The van der Waals surface area contributed by atoms with E-state index in [0.717, 1.165) is 34.6 Å². The van der Waals surface area contributed by atoms with Gasteiger partial charge in [-0.25, -0.2) is 8.42 Å². The van der Waals surface area contributed by atoms with Crippen LogP contribution in [0.15, 0.2) is 52.3 Å². The summed E-state index contributed by atoms with van der Waals surface area (Å²) in [6.07, 6.45) is 2.85. The molecule has 0 N–H and O–H groups in total. The molecule has 25 heavy (non-hydrogen) atoms. The molecular weight excluding hydrogens is 354 g/mol. The quantitative estimate of drug-likeness (QED) is 0.768. The second kappa shape index (κ2) is 7.22. The van der Waals surface area contributed by atoms with Gasteiger partial charge >= 0.3 is 0 Å². The monoisotopic (exact) mass is 375 g/mol. The van der Waals surface area contributed by atoms with E-state index in [1.54, 1.807) is 34.9 Å². The normalized spacial score (nSPS) is 14.2. The summed E-state index contributed by atoms with van der Waals surface area (Å²) >= 11 is 1.54. The number of sulfone groups is 1. The Kier molecular flexibility index (Phi) is 5.20. The summed E-state index contributed by atoms with van der Waals surface area (Å²) in [6, 6.07) is 13.1. The van der Waals surface area contributed by atoms with E-state index in [2.05, 4.69) is 0 Å². The number of carbonyl (C=O) groups is 1. The Morgan fingerprint density at radius 3 is 2.68 bits per heavy atom. The minimum absolute atomic E-state index is 0.0568. The lowest BCUT2D eigenvalue weighted by Crippen LogP contribution is -2.36. The van der Waals surface area contributed by atoms with Crippen molar-refractivity contribution in [1.29, 1.82) is 0 Å². The maximum Gasteiger partial charge on any atom is 0.237 e. The highest BCUT2D eigenvalue weighted by Crippen LogP contribution is 2.31. The molecule has 1 heterocycles. The van der Waals surface area contributed by atoms with E-state index in [4.69, 9.17) is 0 Å². The summed E-state index contributed by atoms with van der Waals surface area (Å²) in [4.78, 5) is 15.9. The average Bonchev–Trinajstić information content (AvgIpc) is 2.59. The van der Waals surface area contributed by atoms with Crippen molar-refractivity contribution in [3.05, 3.63) is 53.6 Å². The van der Waals surface area contributed by atoms with Gasteiger partial charge in [0.1, 0.15) is 0 Å². The van der Waals surface area contributed by atoms with Crippen molar-refractivity contribution in [3.8, 4) is 0 Å². The van der Waals surface area contributed by atoms with Gasteiger partial charge in [0.25, 0.3) is 0 Å². The Hall–Kier alpha value is -1.79. The smallest absolute Gasteiger partial charge is 0.237 e. The maximum absolute atomic E-state index is 12.7. The predicted octanol–water partition coefficient (Wildman–Crippen LogP) is 3.47. The van der Waals surface area contributed by atoms with Crippen LogP contribution >= 0.6 is 11.8 Å². The van der Waals surface area contributed by atoms with Crippen LogP contribution in [0.3, 0.4) is 0 Å². The number of benzene rings is 2. The molecule has 0 saturated heterocycles. The van der Waals surface area contributed by atoms with E-state index >= 15 is 0 Å². The highest BCUT2D eigenvalue weighted by atomic mass is 32.2. The SMILES string of the molecule is Cc1ccccc1SCC(=O)N1CCCc2cc(S(C)(=O)=O)ccc21. The van der Waals surface area contributed by atoms with Crippen molar-refractivity contribution in [2.24, 2.45) is 0 Å². The Morgan fingerprint density at radius 2 is 1.96 bits per heavy atom. The molecule has 2 aromatic rings. The van der Waals surface area contributed by atoms with Crippen molar-refractivity contribution >= 4 is 33.2 Å². The Bertz CT molecular complexity index is 907. The van der Waals surface area contributed by atoms with Crippen molar-refractivity contribution in [2.45, 2.75) is 29.6 Å². The first-order valence-electron chi connectivity index (χ1n) is 8.18. The van der Waals surface area contributed by atoms with Gasteiger partial charge in [0.15, 0.2) is 9.84 Å². The van der Waals surface area contributed by atoms with Crippen LogP contribution in [0, 0.1) is 6.92 Å². The summed E-state index contributed by atoms with van der Waals surface area (Å²) in [5.74, 6) is 0.430. The topological polar surface area (TPSA) is 54.5 Å². The molecule has 6 heteroatoms. The fourth-order valence-electron chi connectivity index (χ4n) is 3.00. The molecule has 0 aliphatic carbocycles. The average molecular weight is 376 g/mol. The molecule has 3 rings (SSSR count). The fourth-order valence-corrected chi connectivity index (χ4v) is 4.58. The van der Waals surface area contributed by atoms with Gasteiger partial charge in [-0.2, -0.15) is 0 Å². The van der Waals surface area contributed by atoms with Crippen LogP contribution in [-0.2, 0) is 21.1 Å². The van der Waals surface area contributed by atoms with E-state index in [1.807, 2.05) is 31.2 Å². The summed E-state index contributed by atoms with van der Waals surface area (Å²) in [5, 5.41) is 0. The standard InChI is InChI=1S/C19H21NO3S2/c1-14-6-3-4-8-18(14)24-13-19(21)20-11-5-7-15-12-16(25(2,22)23)9-10-17(15)20/h3-4,6,8-10,12H,5,7,11,13H2,1-2H3. The molecule has 0 saturated carbocycles. The lowest BCUT2D eigenvalue weighted by atomic mass is 10.0. The van der Waals surface area contributed by atoms with Crippen molar-refractivity contribution in [3.63, 3.8) is 0 Å². The third kappa shape index (κ3) is 4.07. The number of nitrogens with zero attached hydrogens (tertiary/aromatic N) is 1. The number of thioether (sulfide) groups is 1. The number of hydrogen-bond acceptors (Lipinski definition) is 4. The Morgan fingerprint density at radius 1 is 1.20 bits per heavy atom. The highest BCUT2D eigenvalue weighted by molar-refractivity contribution is 8.00. The molecule has 0 radical (unpaired) electrons. The van der Waals surface area contributed by atoms with E-state index in [1.165, 1.54) is 6.26 Å². The number of amides is 1. The molecule has 0 spiro atoms. The molecule has 4 nitrogen and oxygen atoms in total. The van der Waals surface area contributed by atoms with Crippen LogP contribution in [0.2, 0.25) is 0 Å². The predicted molar refractivity (Wildman–Crippen MR) is 102 cm³/mol. The first kappa shape index (κ1) is 18.0. The van der Waals surface area contributed by atoms with Crippen molar-refractivity contribution in [2.75, 3.05) is 23.5 Å². The molecule has 0 aromatic heterocycles. The largest absolute Gasteiger partial charge is 0.311 e. The van der Waals surface area contributed by atoms with Crippen LogP contribution in [0.5, 0.6) is 0 Å². The lowest BCUT2D eigenvalue weighted by Gasteiger charge is -2.30. The third-order valence-electron chi connectivity index (χ3n) is 4.34. The Labute approximate surface area is 153 Å². The number of anilines is 1. The third-order valence-corrected chi connectivity index (χ3v) is 6.61. The molecule has 0 fully saturated rings. The van der Waals surface area contributed by atoms with E-state index in [9.17, 15) is 13.2 Å². The van der Waals surface area contributed by atoms with Gasteiger partial charge in [-0.3, -0.25) is 4.79 Å². The molecule has 0 atom stereocenters. The van der Waals surface area contributed by atoms with Gasteiger partial charge in [-0.15, -0.1) is 11.8 Å². The lowest BCUT2D eigenvalue weighted by molar-refractivity contribution is -0.116. The van der Waals surface area contributed by atoms with E-state index in [-0.39, 0.29) is 5.91 Å².